The van der Waals surface area contributed by atoms with E-state index in [-0.39, 0.29) is 17.4 Å². The molecular formula is C21H30N6O3S. The van der Waals surface area contributed by atoms with E-state index in [9.17, 15) is 14.7 Å². The van der Waals surface area contributed by atoms with Crippen molar-refractivity contribution in [3.05, 3.63) is 34.9 Å². The third-order valence-electron chi connectivity index (χ3n) is 4.70. The van der Waals surface area contributed by atoms with Crippen LogP contribution in [-0.2, 0) is 4.79 Å². The standard InChI is InChI=1S/C21H30N6O3S/c1-13-10-14(2)16(20(29)30)11-15(13)17-12-19(26-21(23)25-17)31-9-4-18(28)24-6-8-27(3)7-5-22/h10-12H,4-9,22H2,1-3H3,(H,24,28)(H,29,30)(H2,23,25,26). The maximum atomic E-state index is 12.0. The van der Waals surface area contributed by atoms with Gasteiger partial charge in [-0.1, -0.05) is 6.07 Å². The van der Waals surface area contributed by atoms with Crippen LogP contribution in [0.1, 0.15) is 27.9 Å². The van der Waals surface area contributed by atoms with Gasteiger partial charge in [0.1, 0.15) is 5.03 Å². The highest BCUT2D eigenvalue weighted by Crippen LogP contribution is 2.29. The first-order valence-corrected chi connectivity index (χ1v) is 11.0. The topological polar surface area (TPSA) is 147 Å². The lowest BCUT2D eigenvalue weighted by Gasteiger charge is -2.15. The number of carbonyl (C=O) groups is 2. The second kappa shape index (κ2) is 11.6. The molecule has 0 radical (unpaired) electrons. The number of nitrogens with two attached hydrogens (primary N) is 2. The Hall–Kier alpha value is -2.69. The molecule has 1 aromatic carbocycles. The highest BCUT2D eigenvalue weighted by atomic mass is 32.2. The van der Waals surface area contributed by atoms with Crippen molar-refractivity contribution in [2.24, 2.45) is 5.73 Å². The molecule has 0 bridgehead atoms. The molecular weight excluding hydrogens is 416 g/mol. The Bertz CT molecular complexity index is 938. The van der Waals surface area contributed by atoms with Crippen molar-refractivity contribution in [1.29, 1.82) is 0 Å². The van der Waals surface area contributed by atoms with Crippen LogP contribution in [-0.4, -0.2) is 70.8 Å². The number of nitrogen functional groups attached to an aromatic ring is 1. The molecule has 168 valence electrons. The van der Waals surface area contributed by atoms with E-state index in [1.807, 2.05) is 20.0 Å². The highest BCUT2D eigenvalue weighted by molar-refractivity contribution is 7.99. The van der Waals surface area contributed by atoms with E-state index in [1.54, 1.807) is 19.1 Å². The van der Waals surface area contributed by atoms with Crippen molar-refractivity contribution in [3.8, 4) is 11.3 Å². The summed E-state index contributed by atoms with van der Waals surface area (Å²) in [5.74, 6) is -0.385. The SMILES string of the molecule is Cc1cc(C)c(-c2cc(SCCC(=O)NCCN(C)CCN)nc(N)n2)cc1C(=O)O. The van der Waals surface area contributed by atoms with Gasteiger partial charge in [0.05, 0.1) is 11.3 Å². The normalized spacial score (nSPS) is 11.0. The van der Waals surface area contributed by atoms with Crippen molar-refractivity contribution in [2.45, 2.75) is 25.3 Å². The number of carboxylic acid groups (broad SMARTS) is 1. The van der Waals surface area contributed by atoms with Crippen LogP contribution in [0.4, 0.5) is 5.95 Å². The quantitative estimate of drug-likeness (QED) is 0.298. The van der Waals surface area contributed by atoms with E-state index < -0.39 is 5.97 Å². The molecule has 2 rings (SSSR count). The number of anilines is 1. The molecule has 1 amide bonds. The Morgan fingerprint density at radius 3 is 2.58 bits per heavy atom. The molecule has 0 atom stereocenters. The van der Waals surface area contributed by atoms with Gasteiger partial charge in [-0.3, -0.25) is 4.79 Å². The third-order valence-corrected chi connectivity index (χ3v) is 5.62. The predicted molar refractivity (Wildman–Crippen MR) is 123 cm³/mol. The largest absolute Gasteiger partial charge is 0.478 e. The van der Waals surface area contributed by atoms with E-state index in [4.69, 9.17) is 11.5 Å². The summed E-state index contributed by atoms with van der Waals surface area (Å²) >= 11 is 1.40. The van der Waals surface area contributed by atoms with E-state index in [0.29, 0.717) is 47.1 Å². The van der Waals surface area contributed by atoms with Crippen LogP contribution in [0.25, 0.3) is 11.3 Å². The van der Waals surface area contributed by atoms with E-state index >= 15 is 0 Å². The van der Waals surface area contributed by atoms with Crippen LogP contribution < -0.4 is 16.8 Å². The van der Waals surface area contributed by atoms with Gasteiger partial charge < -0.3 is 26.8 Å². The van der Waals surface area contributed by atoms with E-state index in [0.717, 1.165) is 18.7 Å². The van der Waals surface area contributed by atoms with Crippen molar-refractivity contribution >= 4 is 29.6 Å². The van der Waals surface area contributed by atoms with Crippen molar-refractivity contribution in [1.82, 2.24) is 20.2 Å². The molecule has 6 N–H and O–H groups in total. The minimum Gasteiger partial charge on any atom is -0.478 e. The Morgan fingerprint density at radius 1 is 1.16 bits per heavy atom. The molecule has 0 saturated heterocycles. The monoisotopic (exact) mass is 446 g/mol. The number of rotatable bonds is 11. The van der Waals surface area contributed by atoms with Gasteiger partial charge in [-0.25, -0.2) is 14.8 Å². The van der Waals surface area contributed by atoms with Gasteiger partial charge in [-0.15, -0.1) is 11.8 Å². The Labute approximate surface area is 186 Å². The summed E-state index contributed by atoms with van der Waals surface area (Å²) in [6.07, 6.45) is 0.344. The number of hydrogen-bond donors (Lipinski definition) is 4. The Balaban J connectivity index is 2.00. The summed E-state index contributed by atoms with van der Waals surface area (Å²) in [5.41, 5.74) is 14.4. The van der Waals surface area contributed by atoms with Crippen molar-refractivity contribution in [3.63, 3.8) is 0 Å². The molecule has 1 heterocycles. The number of hydrogen-bond acceptors (Lipinski definition) is 8. The lowest BCUT2D eigenvalue weighted by molar-refractivity contribution is -0.120. The summed E-state index contributed by atoms with van der Waals surface area (Å²) in [6.45, 7) is 6.35. The Kier molecular flexibility index (Phi) is 9.22. The molecule has 0 spiro atoms. The maximum absolute atomic E-state index is 12.0. The minimum absolute atomic E-state index is 0.0311. The fourth-order valence-electron chi connectivity index (χ4n) is 3.07. The van der Waals surface area contributed by atoms with Crippen LogP contribution in [0, 0.1) is 13.8 Å². The van der Waals surface area contributed by atoms with Crippen LogP contribution in [0.2, 0.25) is 0 Å². The number of benzene rings is 1. The fraction of sp³-hybridized carbons (Fsp3) is 0.429. The number of carboxylic acids is 1. The molecule has 0 saturated carbocycles. The Morgan fingerprint density at radius 2 is 1.90 bits per heavy atom. The van der Waals surface area contributed by atoms with Gasteiger partial charge in [0.2, 0.25) is 11.9 Å². The second-order valence-corrected chi connectivity index (χ2v) is 8.39. The maximum Gasteiger partial charge on any atom is 0.335 e. The molecule has 2 aromatic rings. The predicted octanol–water partition coefficient (Wildman–Crippen LogP) is 1.53. The smallest absolute Gasteiger partial charge is 0.335 e. The van der Waals surface area contributed by atoms with Gasteiger partial charge in [0.25, 0.3) is 0 Å². The molecule has 0 fully saturated rings. The summed E-state index contributed by atoms with van der Waals surface area (Å²) in [6, 6.07) is 5.20. The highest BCUT2D eigenvalue weighted by Gasteiger charge is 2.14. The zero-order valence-electron chi connectivity index (χ0n) is 18.1. The van der Waals surface area contributed by atoms with Crippen LogP contribution in [0.15, 0.2) is 23.2 Å². The van der Waals surface area contributed by atoms with Gasteiger partial charge in [0.15, 0.2) is 0 Å². The second-order valence-electron chi connectivity index (χ2n) is 7.28. The summed E-state index contributed by atoms with van der Waals surface area (Å²) in [4.78, 5) is 34.1. The van der Waals surface area contributed by atoms with Gasteiger partial charge >= 0.3 is 5.97 Å². The average Bonchev–Trinajstić information content (AvgIpc) is 2.67. The zero-order valence-corrected chi connectivity index (χ0v) is 19.0. The number of nitrogens with one attached hydrogen (secondary N) is 1. The number of carbonyl (C=O) groups excluding carboxylic acids is 1. The number of thioether (sulfide) groups is 1. The van der Waals surface area contributed by atoms with Crippen molar-refractivity contribution < 1.29 is 14.7 Å². The average molecular weight is 447 g/mol. The number of aromatic carboxylic acids is 1. The number of likely N-dealkylation sites (N-methyl/N-ethyl adjacent to an activating group) is 1. The number of aryl methyl sites for hydroxylation is 2. The molecule has 0 aliphatic carbocycles. The molecule has 31 heavy (non-hydrogen) atoms. The summed E-state index contributed by atoms with van der Waals surface area (Å²) < 4.78 is 0. The third kappa shape index (κ3) is 7.50. The van der Waals surface area contributed by atoms with Gasteiger partial charge in [-0.2, -0.15) is 0 Å². The van der Waals surface area contributed by atoms with Crippen molar-refractivity contribution in [2.75, 3.05) is 44.7 Å². The fourth-order valence-corrected chi connectivity index (χ4v) is 3.92. The molecule has 0 unspecified atom stereocenters. The first-order valence-electron chi connectivity index (χ1n) is 9.98. The molecule has 9 nitrogen and oxygen atoms in total. The first-order chi connectivity index (χ1) is 14.7. The van der Waals surface area contributed by atoms with Crippen LogP contribution in [0.5, 0.6) is 0 Å². The number of aromatic nitrogens is 2. The molecule has 1 aromatic heterocycles. The van der Waals surface area contributed by atoms with Crippen LogP contribution >= 0.6 is 11.8 Å². The number of amides is 1. The molecule has 0 aliphatic heterocycles. The van der Waals surface area contributed by atoms with Crippen LogP contribution in [0.3, 0.4) is 0 Å². The first kappa shape index (κ1) is 24.6. The molecule has 0 aliphatic rings. The number of nitrogens with zero attached hydrogens (tertiary/aromatic N) is 3. The van der Waals surface area contributed by atoms with Gasteiger partial charge in [-0.05, 0) is 44.2 Å². The molecule has 10 heteroatoms. The van der Waals surface area contributed by atoms with E-state index in [2.05, 4.69) is 20.2 Å². The zero-order chi connectivity index (χ0) is 23.0. The lowest BCUT2D eigenvalue weighted by atomic mass is 9.98. The van der Waals surface area contributed by atoms with Gasteiger partial charge in [0, 0.05) is 43.9 Å². The summed E-state index contributed by atoms with van der Waals surface area (Å²) in [7, 11) is 1.96. The minimum atomic E-state index is -0.990. The van der Waals surface area contributed by atoms with E-state index in [1.165, 1.54) is 11.8 Å². The summed E-state index contributed by atoms with van der Waals surface area (Å²) in [5, 5.41) is 12.9. The lowest BCUT2D eigenvalue weighted by Crippen LogP contribution is -2.35.